The van der Waals surface area contributed by atoms with Gasteiger partial charge in [0.25, 0.3) is 5.91 Å². The number of aromatic nitrogens is 2. The van der Waals surface area contributed by atoms with E-state index >= 15 is 0 Å². The van der Waals surface area contributed by atoms with Crippen LogP contribution in [-0.4, -0.2) is 47.5 Å². The van der Waals surface area contributed by atoms with Gasteiger partial charge in [0.1, 0.15) is 11.0 Å². The van der Waals surface area contributed by atoms with E-state index in [2.05, 4.69) is 22.4 Å². The lowest BCUT2D eigenvalue weighted by molar-refractivity contribution is -0.0246. The summed E-state index contributed by atoms with van der Waals surface area (Å²) in [6.07, 6.45) is 0.553. The summed E-state index contributed by atoms with van der Waals surface area (Å²) in [6, 6.07) is 16.3. The number of morpholine rings is 1. The number of amides is 1. The topological polar surface area (TPSA) is 67.4 Å². The summed E-state index contributed by atoms with van der Waals surface area (Å²) in [5.74, 6) is 0.00948. The third-order valence-electron chi connectivity index (χ3n) is 4.94. The highest BCUT2D eigenvalue weighted by atomic mass is 32.1. The van der Waals surface area contributed by atoms with Crippen molar-refractivity contribution < 1.29 is 9.53 Å². The van der Waals surface area contributed by atoms with Gasteiger partial charge in [-0.25, -0.2) is 4.98 Å². The molecule has 3 aromatic rings. The second kappa shape index (κ2) is 8.71. The molecule has 150 valence electrons. The molecule has 7 heteroatoms. The van der Waals surface area contributed by atoms with E-state index in [0.29, 0.717) is 24.6 Å². The van der Waals surface area contributed by atoms with Crippen LogP contribution in [0.15, 0.2) is 48.5 Å². The van der Waals surface area contributed by atoms with E-state index in [1.54, 1.807) is 0 Å². The number of thiazole rings is 1. The molecule has 1 atom stereocenters. The molecule has 3 heterocycles. The SMILES string of the molecule is CNc1nc(C)c(C(=O)N2CCO[C@@H](c3cccc(Cc4ccccc4)n3)C2)s1. The summed E-state index contributed by atoms with van der Waals surface area (Å²) in [5, 5.41) is 3.76. The first-order valence-electron chi connectivity index (χ1n) is 9.70. The highest BCUT2D eigenvalue weighted by Crippen LogP contribution is 2.27. The van der Waals surface area contributed by atoms with Crippen LogP contribution in [0.5, 0.6) is 0 Å². The third-order valence-corrected chi connectivity index (χ3v) is 6.11. The van der Waals surface area contributed by atoms with Gasteiger partial charge in [-0.15, -0.1) is 0 Å². The number of nitrogens with one attached hydrogen (secondary N) is 1. The molecule has 2 aromatic heterocycles. The first kappa shape index (κ1) is 19.5. The number of pyridine rings is 1. The molecule has 6 nitrogen and oxygen atoms in total. The zero-order valence-electron chi connectivity index (χ0n) is 16.6. The van der Waals surface area contributed by atoms with Crippen LogP contribution in [0.3, 0.4) is 0 Å². The second-order valence-electron chi connectivity index (χ2n) is 7.01. The largest absolute Gasteiger partial charge is 0.368 e. The Morgan fingerprint density at radius 3 is 2.79 bits per heavy atom. The van der Waals surface area contributed by atoms with Gasteiger partial charge in [-0.2, -0.15) is 0 Å². The fourth-order valence-electron chi connectivity index (χ4n) is 3.44. The van der Waals surface area contributed by atoms with Crippen LogP contribution in [0.4, 0.5) is 5.13 Å². The molecule has 0 unspecified atom stereocenters. The predicted molar refractivity (Wildman–Crippen MR) is 114 cm³/mol. The molecule has 0 aliphatic carbocycles. The number of aryl methyl sites for hydroxylation is 1. The molecule has 0 bridgehead atoms. The molecule has 0 radical (unpaired) electrons. The van der Waals surface area contributed by atoms with Crippen LogP contribution in [0.1, 0.15) is 38.4 Å². The quantitative estimate of drug-likeness (QED) is 0.697. The molecule has 1 aliphatic rings. The van der Waals surface area contributed by atoms with Crippen LogP contribution < -0.4 is 5.32 Å². The van der Waals surface area contributed by atoms with Crippen LogP contribution in [0.2, 0.25) is 0 Å². The molecule has 1 aromatic carbocycles. The number of anilines is 1. The van der Waals surface area contributed by atoms with Gasteiger partial charge in [0.15, 0.2) is 5.13 Å². The van der Waals surface area contributed by atoms with E-state index in [-0.39, 0.29) is 12.0 Å². The van der Waals surface area contributed by atoms with E-state index in [1.807, 2.05) is 55.3 Å². The second-order valence-corrected chi connectivity index (χ2v) is 8.01. The Bertz CT molecular complexity index is 989. The van der Waals surface area contributed by atoms with E-state index in [1.165, 1.54) is 16.9 Å². The summed E-state index contributed by atoms with van der Waals surface area (Å²) in [5.41, 5.74) is 3.85. The number of carbonyl (C=O) groups excluding carboxylic acids is 1. The van der Waals surface area contributed by atoms with Crippen molar-refractivity contribution in [2.45, 2.75) is 19.4 Å². The molecule has 4 rings (SSSR count). The van der Waals surface area contributed by atoms with Gasteiger partial charge >= 0.3 is 0 Å². The summed E-state index contributed by atoms with van der Waals surface area (Å²) >= 11 is 1.39. The monoisotopic (exact) mass is 408 g/mol. The lowest BCUT2D eigenvalue weighted by atomic mass is 10.1. The van der Waals surface area contributed by atoms with Crippen LogP contribution in [0.25, 0.3) is 0 Å². The number of hydrogen-bond donors (Lipinski definition) is 1. The lowest BCUT2D eigenvalue weighted by Crippen LogP contribution is -2.42. The van der Waals surface area contributed by atoms with Crippen molar-refractivity contribution in [2.75, 3.05) is 32.1 Å². The van der Waals surface area contributed by atoms with Crippen molar-refractivity contribution in [3.05, 3.63) is 76.1 Å². The van der Waals surface area contributed by atoms with Crippen molar-refractivity contribution in [3.63, 3.8) is 0 Å². The standard InChI is InChI=1S/C22H24N4O2S/c1-15-20(29-22(23-2)24-15)21(27)26-11-12-28-19(14-26)18-10-6-9-17(25-18)13-16-7-4-3-5-8-16/h3-10,19H,11-14H2,1-2H3,(H,23,24)/t19-/m1/s1. The summed E-state index contributed by atoms with van der Waals surface area (Å²) < 4.78 is 5.96. The van der Waals surface area contributed by atoms with Gasteiger partial charge in [0, 0.05) is 25.7 Å². The summed E-state index contributed by atoms with van der Waals surface area (Å²) in [7, 11) is 1.81. The fourth-order valence-corrected chi connectivity index (χ4v) is 4.33. The van der Waals surface area contributed by atoms with Crippen molar-refractivity contribution in [1.82, 2.24) is 14.9 Å². The van der Waals surface area contributed by atoms with E-state index in [0.717, 1.165) is 28.6 Å². The van der Waals surface area contributed by atoms with Gasteiger partial charge in [0.05, 0.1) is 24.5 Å². The number of benzene rings is 1. The van der Waals surface area contributed by atoms with E-state index < -0.39 is 0 Å². The van der Waals surface area contributed by atoms with Crippen molar-refractivity contribution in [1.29, 1.82) is 0 Å². The Morgan fingerprint density at radius 1 is 1.21 bits per heavy atom. The maximum absolute atomic E-state index is 13.0. The van der Waals surface area contributed by atoms with Crippen molar-refractivity contribution in [3.8, 4) is 0 Å². The number of ether oxygens (including phenoxy) is 1. The smallest absolute Gasteiger partial charge is 0.266 e. The predicted octanol–water partition coefficient (Wildman–Crippen LogP) is 3.69. The molecule has 0 saturated carbocycles. The third kappa shape index (κ3) is 4.46. The zero-order chi connectivity index (χ0) is 20.2. The molecule has 1 aliphatic heterocycles. The Hall–Kier alpha value is -2.77. The minimum atomic E-state index is -0.222. The maximum Gasteiger partial charge on any atom is 0.266 e. The number of carbonyl (C=O) groups is 1. The highest BCUT2D eigenvalue weighted by Gasteiger charge is 2.29. The normalized spacial score (nSPS) is 16.6. The molecule has 1 saturated heterocycles. The Morgan fingerprint density at radius 2 is 2.03 bits per heavy atom. The number of rotatable bonds is 5. The average Bonchev–Trinajstić information content (AvgIpc) is 3.15. The summed E-state index contributed by atoms with van der Waals surface area (Å²) in [6.45, 7) is 3.44. The molecular weight excluding hydrogens is 384 g/mol. The molecule has 1 N–H and O–H groups in total. The van der Waals surface area contributed by atoms with Crippen molar-refractivity contribution in [2.24, 2.45) is 0 Å². The first-order chi connectivity index (χ1) is 14.1. The van der Waals surface area contributed by atoms with Gasteiger partial charge in [-0.05, 0) is 24.6 Å². The average molecular weight is 409 g/mol. The molecule has 1 fully saturated rings. The van der Waals surface area contributed by atoms with Crippen LogP contribution >= 0.6 is 11.3 Å². The number of hydrogen-bond acceptors (Lipinski definition) is 6. The van der Waals surface area contributed by atoms with Crippen LogP contribution in [0, 0.1) is 6.92 Å². The minimum Gasteiger partial charge on any atom is -0.368 e. The summed E-state index contributed by atoms with van der Waals surface area (Å²) in [4.78, 5) is 24.8. The van der Waals surface area contributed by atoms with E-state index in [9.17, 15) is 4.79 Å². The molecule has 0 spiro atoms. The van der Waals surface area contributed by atoms with E-state index in [4.69, 9.17) is 9.72 Å². The Labute approximate surface area is 174 Å². The maximum atomic E-state index is 13.0. The molecule has 1 amide bonds. The van der Waals surface area contributed by atoms with Gasteiger partial charge in [0.2, 0.25) is 0 Å². The Balaban J connectivity index is 1.49. The number of nitrogens with zero attached hydrogens (tertiary/aromatic N) is 3. The van der Waals surface area contributed by atoms with Gasteiger partial charge in [-0.1, -0.05) is 47.7 Å². The Kier molecular flexibility index (Phi) is 5.87. The minimum absolute atomic E-state index is 0.00948. The van der Waals surface area contributed by atoms with Crippen LogP contribution in [-0.2, 0) is 11.2 Å². The van der Waals surface area contributed by atoms with Gasteiger partial charge < -0.3 is 15.0 Å². The fraction of sp³-hybridized carbons (Fsp3) is 0.318. The van der Waals surface area contributed by atoms with Crippen molar-refractivity contribution >= 4 is 22.4 Å². The zero-order valence-corrected chi connectivity index (χ0v) is 17.4. The van der Waals surface area contributed by atoms with Gasteiger partial charge in [-0.3, -0.25) is 9.78 Å². The lowest BCUT2D eigenvalue weighted by Gasteiger charge is -2.32. The highest BCUT2D eigenvalue weighted by molar-refractivity contribution is 7.17. The first-order valence-corrected chi connectivity index (χ1v) is 10.5. The molecule has 29 heavy (non-hydrogen) atoms. The molecular formula is C22H24N4O2S.